The maximum atomic E-state index is 10.4. The van der Waals surface area contributed by atoms with Crippen molar-refractivity contribution in [2.24, 2.45) is 0 Å². The van der Waals surface area contributed by atoms with Crippen molar-refractivity contribution < 1.29 is 14.8 Å². The fourth-order valence-electron chi connectivity index (χ4n) is 0.814. The molecule has 5 nitrogen and oxygen atoms in total. The summed E-state index contributed by atoms with van der Waals surface area (Å²) < 4.78 is 0. The quantitative estimate of drug-likeness (QED) is 0.639. The molecule has 13 heavy (non-hydrogen) atoms. The van der Waals surface area contributed by atoms with Crippen LogP contribution in [-0.4, -0.2) is 16.0 Å². The number of aromatic carboxylic acids is 1. The molecule has 0 saturated heterocycles. The van der Waals surface area contributed by atoms with Gasteiger partial charge in [-0.05, 0) is 6.07 Å². The molecule has 0 spiro atoms. The SMILES string of the molecule is Br.O=C(O)c1ccccc1[N+](=O)[O-]. The molecule has 1 aromatic carbocycles. The first-order valence-electron chi connectivity index (χ1n) is 3.09. The predicted molar refractivity (Wildman–Crippen MR) is 50.4 cm³/mol. The molecule has 0 aromatic heterocycles. The molecule has 0 aliphatic heterocycles. The lowest BCUT2D eigenvalue weighted by Gasteiger charge is -1.94. The maximum Gasteiger partial charge on any atom is 0.342 e. The minimum atomic E-state index is -1.29. The normalized spacial score (nSPS) is 8.62. The van der Waals surface area contributed by atoms with Gasteiger partial charge in [0.25, 0.3) is 5.69 Å². The molecule has 0 fully saturated rings. The summed E-state index contributed by atoms with van der Waals surface area (Å²) in [5.74, 6) is -1.29. The zero-order valence-electron chi connectivity index (χ0n) is 6.34. The standard InChI is InChI=1S/C7H5NO4.BrH/c9-7(10)5-3-1-2-4-6(5)8(11)12;/h1-4H,(H,9,10);1H. The lowest BCUT2D eigenvalue weighted by molar-refractivity contribution is -0.385. The Morgan fingerprint density at radius 1 is 1.38 bits per heavy atom. The average Bonchev–Trinajstić information content (AvgIpc) is 2.04. The van der Waals surface area contributed by atoms with E-state index in [1.165, 1.54) is 18.2 Å². The summed E-state index contributed by atoms with van der Waals surface area (Å²) >= 11 is 0. The maximum absolute atomic E-state index is 10.4. The van der Waals surface area contributed by atoms with Crippen LogP contribution in [-0.2, 0) is 0 Å². The Hall–Kier alpha value is -1.43. The van der Waals surface area contributed by atoms with E-state index in [0.29, 0.717) is 0 Å². The van der Waals surface area contributed by atoms with Crippen molar-refractivity contribution in [3.63, 3.8) is 0 Å². The van der Waals surface area contributed by atoms with E-state index in [4.69, 9.17) is 5.11 Å². The number of para-hydroxylation sites is 1. The van der Waals surface area contributed by atoms with Gasteiger partial charge >= 0.3 is 5.97 Å². The van der Waals surface area contributed by atoms with Crippen LogP contribution in [0, 0.1) is 10.1 Å². The Bertz CT molecular complexity index is 306. The first-order valence-corrected chi connectivity index (χ1v) is 3.09. The van der Waals surface area contributed by atoms with Crippen LogP contribution in [0.5, 0.6) is 0 Å². The third-order valence-corrected chi connectivity index (χ3v) is 1.33. The number of carboxylic acid groups (broad SMARTS) is 1. The van der Waals surface area contributed by atoms with Crippen molar-refractivity contribution in [3.05, 3.63) is 39.9 Å². The van der Waals surface area contributed by atoms with Crippen molar-refractivity contribution in [1.29, 1.82) is 0 Å². The number of nitro groups is 1. The van der Waals surface area contributed by atoms with Crippen LogP contribution >= 0.6 is 17.0 Å². The van der Waals surface area contributed by atoms with Crippen molar-refractivity contribution in [3.8, 4) is 0 Å². The van der Waals surface area contributed by atoms with E-state index in [2.05, 4.69) is 0 Å². The van der Waals surface area contributed by atoms with Gasteiger partial charge in [0.1, 0.15) is 5.56 Å². The molecule has 0 aliphatic rings. The largest absolute Gasteiger partial charge is 0.477 e. The van der Waals surface area contributed by atoms with E-state index in [9.17, 15) is 14.9 Å². The number of halogens is 1. The summed E-state index contributed by atoms with van der Waals surface area (Å²) in [5, 5.41) is 18.8. The van der Waals surface area contributed by atoms with E-state index in [1.54, 1.807) is 0 Å². The zero-order chi connectivity index (χ0) is 9.14. The molecule has 0 atom stereocenters. The summed E-state index contributed by atoms with van der Waals surface area (Å²) in [5.41, 5.74) is -0.674. The molecule has 0 bridgehead atoms. The second-order valence-electron chi connectivity index (χ2n) is 2.08. The second kappa shape index (κ2) is 4.56. The minimum absolute atomic E-state index is 0. The lowest BCUT2D eigenvalue weighted by atomic mass is 10.2. The van der Waals surface area contributed by atoms with Gasteiger partial charge in [0.05, 0.1) is 4.92 Å². The molecular weight excluding hydrogens is 242 g/mol. The second-order valence-corrected chi connectivity index (χ2v) is 2.08. The molecule has 1 rings (SSSR count). The molecule has 0 aliphatic carbocycles. The van der Waals surface area contributed by atoms with E-state index >= 15 is 0 Å². The van der Waals surface area contributed by atoms with Crippen LogP contribution in [0.1, 0.15) is 10.4 Å². The Kier molecular flexibility index (Phi) is 4.06. The molecule has 0 radical (unpaired) electrons. The number of benzene rings is 1. The molecular formula is C7H6BrNO4. The Labute approximate surface area is 83.9 Å². The van der Waals surface area contributed by atoms with Crippen LogP contribution in [0.25, 0.3) is 0 Å². The molecule has 6 heteroatoms. The highest BCUT2D eigenvalue weighted by Gasteiger charge is 2.17. The van der Waals surface area contributed by atoms with Crippen molar-refractivity contribution >= 4 is 28.6 Å². The number of nitro benzene ring substituents is 1. The molecule has 1 aromatic rings. The summed E-state index contributed by atoms with van der Waals surface area (Å²) in [4.78, 5) is 20.0. The third-order valence-electron chi connectivity index (χ3n) is 1.33. The highest BCUT2D eigenvalue weighted by atomic mass is 79.9. The summed E-state index contributed by atoms with van der Waals surface area (Å²) in [7, 11) is 0. The number of hydrogen-bond acceptors (Lipinski definition) is 3. The lowest BCUT2D eigenvalue weighted by Crippen LogP contribution is -2.01. The van der Waals surface area contributed by atoms with Gasteiger partial charge < -0.3 is 5.11 Å². The van der Waals surface area contributed by atoms with Crippen molar-refractivity contribution in [2.75, 3.05) is 0 Å². The van der Waals surface area contributed by atoms with E-state index < -0.39 is 10.9 Å². The Balaban J connectivity index is 0.00000144. The summed E-state index contributed by atoms with van der Waals surface area (Å²) in [6.07, 6.45) is 0. The van der Waals surface area contributed by atoms with Gasteiger partial charge in [0.15, 0.2) is 0 Å². The van der Waals surface area contributed by atoms with Gasteiger partial charge in [-0.1, -0.05) is 12.1 Å². The first kappa shape index (κ1) is 11.6. The predicted octanol–water partition coefficient (Wildman–Crippen LogP) is 1.87. The van der Waals surface area contributed by atoms with Gasteiger partial charge in [-0.2, -0.15) is 0 Å². The molecule has 0 heterocycles. The van der Waals surface area contributed by atoms with Crippen molar-refractivity contribution in [1.82, 2.24) is 0 Å². The molecule has 70 valence electrons. The van der Waals surface area contributed by atoms with E-state index in [-0.39, 0.29) is 28.2 Å². The number of rotatable bonds is 2. The van der Waals surface area contributed by atoms with Gasteiger partial charge in [0.2, 0.25) is 0 Å². The summed E-state index contributed by atoms with van der Waals surface area (Å²) in [6.45, 7) is 0. The van der Waals surface area contributed by atoms with Crippen LogP contribution in [0.3, 0.4) is 0 Å². The number of nitrogens with zero attached hydrogens (tertiary/aromatic N) is 1. The van der Waals surface area contributed by atoms with Gasteiger partial charge in [-0.15, -0.1) is 17.0 Å². The van der Waals surface area contributed by atoms with Gasteiger partial charge in [0, 0.05) is 6.07 Å². The number of carboxylic acids is 1. The third kappa shape index (κ3) is 2.51. The molecule has 1 N–H and O–H groups in total. The molecule has 0 amide bonds. The fourth-order valence-corrected chi connectivity index (χ4v) is 0.814. The Morgan fingerprint density at radius 2 is 1.92 bits per heavy atom. The van der Waals surface area contributed by atoms with Crippen molar-refractivity contribution in [2.45, 2.75) is 0 Å². The van der Waals surface area contributed by atoms with Crippen LogP contribution in [0.15, 0.2) is 24.3 Å². The monoisotopic (exact) mass is 247 g/mol. The van der Waals surface area contributed by atoms with E-state index in [0.717, 1.165) is 6.07 Å². The summed E-state index contributed by atoms with van der Waals surface area (Å²) in [6, 6.07) is 5.21. The zero-order valence-corrected chi connectivity index (χ0v) is 8.05. The molecule has 0 unspecified atom stereocenters. The van der Waals surface area contributed by atoms with Crippen LogP contribution in [0.4, 0.5) is 5.69 Å². The average molecular weight is 248 g/mol. The fraction of sp³-hybridized carbons (Fsp3) is 0. The highest BCUT2D eigenvalue weighted by Crippen LogP contribution is 2.16. The topological polar surface area (TPSA) is 80.4 Å². The van der Waals surface area contributed by atoms with Crippen LogP contribution < -0.4 is 0 Å². The van der Waals surface area contributed by atoms with Crippen LogP contribution in [0.2, 0.25) is 0 Å². The number of hydrogen-bond donors (Lipinski definition) is 1. The van der Waals surface area contributed by atoms with Gasteiger partial charge in [-0.3, -0.25) is 10.1 Å². The van der Waals surface area contributed by atoms with Gasteiger partial charge in [-0.25, -0.2) is 4.79 Å². The van der Waals surface area contributed by atoms with E-state index in [1.807, 2.05) is 0 Å². The first-order chi connectivity index (χ1) is 5.63. The highest BCUT2D eigenvalue weighted by molar-refractivity contribution is 8.93. The molecule has 0 saturated carbocycles. The minimum Gasteiger partial charge on any atom is -0.477 e. The Morgan fingerprint density at radius 3 is 2.31 bits per heavy atom. The smallest absolute Gasteiger partial charge is 0.342 e. The number of carbonyl (C=O) groups is 1.